The number of nitrogens with one attached hydrogen (secondary N) is 1. The molecule has 0 radical (unpaired) electrons. The molecule has 1 aliphatic carbocycles. The van der Waals surface area contributed by atoms with Crippen LogP contribution in [0.1, 0.15) is 36.0 Å². The van der Waals surface area contributed by atoms with E-state index < -0.39 is 0 Å². The molecule has 1 aromatic carbocycles. The number of rotatable bonds is 2. The van der Waals surface area contributed by atoms with Crippen LogP contribution in [0.15, 0.2) is 36.5 Å². The molecule has 1 saturated carbocycles. The minimum absolute atomic E-state index is 0. The van der Waals surface area contributed by atoms with Crippen LogP contribution in [-0.4, -0.2) is 23.0 Å². The molecule has 22 heavy (non-hydrogen) atoms. The van der Waals surface area contributed by atoms with Crippen molar-refractivity contribution in [1.82, 2.24) is 10.3 Å². The van der Waals surface area contributed by atoms with Crippen LogP contribution in [0.5, 0.6) is 0 Å². The van der Waals surface area contributed by atoms with Gasteiger partial charge in [-0.1, -0.05) is 6.07 Å². The van der Waals surface area contributed by atoms with Gasteiger partial charge in [0.15, 0.2) is 0 Å². The molecule has 6 heteroatoms. The number of amides is 1. The van der Waals surface area contributed by atoms with E-state index >= 15 is 0 Å². The summed E-state index contributed by atoms with van der Waals surface area (Å²) in [4.78, 5) is 16.5. The zero-order valence-corrected chi connectivity index (χ0v) is 13.8. The van der Waals surface area contributed by atoms with Gasteiger partial charge in [-0.2, -0.15) is 0 Å². The third kappa shape index (κ3) is 4.32. The summed E-state index contributed by atoms with van der Waals surface area (Å²) in [7, 11) is 0. The number of pyridine rings is 1. The topological polar surface area (TPSA) is 68.0 Å². The molecule has 0 unspecified atom stereocenters. The first-order chi connectivity index (χ1) is 9.72. The summed E-state index contributed by atoms with van der Waals surface area (Å²) in [6, 6.07) is 10.0. The molecule has 1 fully saturated rings. The molecule has 0 saturated heterocycles. The van der Waals surface area contributed by atoms with Crippen molar-refractivity contribution >= 4 is 41.6 Å². The maximum atomic E-state index is 12.3. The Morgan fingerprint density at radius 1 is 1.14 bits per heavy atom. The number of carbonyl (C=O) groups is 1. The van der Waals surface area contributed by atoms with Crippen LogP contribution in [0.4, 0.5) is 0 Å². The van der Waals surface area contributed by atoms with Crippen molar-refractivity contribution in [3.05, 3.63) is 42.1 Å². The molecule has 4 nitrogen and oxygen atoms in total. The fourth-order valence-corrected chi connectivity index (χ4v) is 2.75. The predicted octanol–water partition coefficient (Wildman–Crippen LogP) is 3.08. The maximum Gasteiger partial charge on any atom is 0.251 e. The zero-order chi connectivity index (χ0) is 13.9. The molecule has 1 aromatic heterocycles. The van der Waals surface area contributed by atoms with Crippen molar-refractivity contribution in [3.8, 4) is 0 Å². The molecule has 1 aliphatic rings. The lowest BCUT2D eigenvalue weighted by atomic mass is 9.91. The van der Waals surface area contributed by atoms with Gasteiger partial charge < -0.3 is 11.1 Å². The second-order valence-electron chi connectivity index (χ2n) is 5.50. The summed E-state index contributed by atoms with van der Waals surface area (Å²) >= 11 is 0. The lowest BCUT2D eigenvalue weighted by Crippen LogP contribution is -2.40. The molecule has 0 spiro atoms. The van der Waals surface area contributed by atoms with Gasteiger partial charge in [0.05, 0.1) is 5.52 Å². The van der Waals surface area contributed by atoms with Gasteiger partial charge in [-0.05, 0) is 49.9 Å². The number of fused-ring (bicyclic) bond motifs is 1. The zero-order valence-electron chi connectivity index (χ0n) is 12.2. The van der Waals surface area contributed by atoms with Gasteiger partial charge in [0.2, 0.25) is 0 Å². The maximum absolute atomic E-state index is 12.3. The minimum Gasteiger partial charge on any atom is -0.349 e. The number of aromatic nitrogens is 1. The molecule has 0 aliphatic heterocycles. The van der Waals surface area contributed by atoms with E-state index in [0.29, 0.717) is 11.6 Å². The van der Waals surface area contributed by atoms with E-state index in [1.54, 1.807) is 6.20 Å². The summed E-state index contributed by atoms with van der Waals surface area (Å²) in [5, 5.41) is 4.10. The van der Waals surface area contributed by atoms with E-state index in [1.165, 1.54) is 0 Å². The van der Waals surface area contributed by atoms with Gasteiger partial charge >= 0.3 is 0 Å². The number of nitrogens with zero attached hydrogens (tertiary/aromatic N) is 1. The van der Waals surface area contributed by atoms with Crippen LogP contribution in [0.2, 0.25) is 0 Å². The van der Waals surface area contributed by atoms with Crippen molar-refractivity contribution in [2.45, 2.75) is 37.8 Å². The van der Waals surface area contributed by atoms with E-state index in [0.717, 1.165) is 36.6 Å². The second-order valence-corrected chi connectivity index (χ2v) is 5.50. The van der Waals surface area contributed by atoms with Crippen molar-refractivity contribution in [2.24, 2.45) is 5.73 Å². The molecule has 1 heterocycles. The fourth-order valence-electron chi connectivity index (χ4n) is 2.75. The first kappa shape index (κ1) is 18.7. The van der Waals surface area contributed by atoms with Gasteiger partial charge in [-0.15, -0.1) is 24.8 Å². The van der Waals surface area contributed by atoms with E-state index in [1.807, 2.05) is 30.3 Å². The van der Waals surface area contributed by atoms with Crippen LogP contribution >= 0.6 is 24.8 Å². The van der Waals surface area contributed by atoms with Crippen LogP contribution < -0.4 is 11.1 Å². The highest BCUT2D eigenvalue weighted by molar-refractivity contribution is 5.98. The second kappa shape index (κ2) is 8.32. The summed E-state index contributed by atoms with van der Waals surface area (Å²) in [5.74, 6) is -0.00350. The van der Waals surface area contributed by atoms with Gasteiger partial charge in [-0.25, -0.2) is 0 Å². The summed E-state index contributed by atoms with van der Waals surface area (Å²) < 4.78 is 0. The Balaban J connectivity index is 0.00000121. The standard InChI is InChI=1S/C16H19N3O.2ClH/c17-13-4-6-14(7-5-13)19-16(20)12-3-8-15-11(10-12)2-1-9-18-15;;/h1-3,8-10,13-14H,4-7,17H2,(H,19,20);2*1H. The fraction of sp³-hybridized carbons (Fsp3) is 0.375. The van der Waals surface area contributed by atoms with Crippen molar-refractivity contribution in [2.75, 3.05) is 0 Å². The average molecular weight is 342 g/mol. The Bertz CT molecular complexity index is 628. The van der Waals surface area contributed by atoms with Gasteiger partial charge in [0.1, 0.15) is 0 Å². The van der Waals surface area contributed by atoms with Crippen molar-refractivity contribution < 1.29 is 4.79 Å². The highest BCUT2D eigenvalue weighted by Gasteiger charge is 2.20. The highest BCUT2D eigenvalue weighted by atomic mass is 35.5. The van der Waals surface area contributed by atoms with E-state index in [4.69, 9.17) is 5.73 Å². The third-order valence-corrected chi connectivity index (χ3v) is 3.97. The Hall–Kier alpha value is -1.36. The average Bonchev–Trinajstić information content (AvgIpc) is 2.49. The Labute approximate surface area is 142 Å². The Morgan fingerprint density at radius 2 is 1.86 bits per heavy atom. The SMILES string of the molecule is Cl.Cl.NC1CCC(NC(=O)c2ccc3ncccc3c2)CC1. The van der Waals surface area contributed by atoms with Crippen molar-refractivity contribution in [1.29, 1.82) is 0 Å². The number of carbonyl (C=O) groups excluding carboxylic acids is 1. The monoisotopic (exact) mass is 341 g/mol. The molecule has 0 atom stereocenters. The summed E-state index contributed by atoms with van der Waals surface area (Å²) in [6.07, 6.45) is 5.69. The number of nitrogens with two attached hydrogens (primary N) is 1. The molecule has 0 bridgehead atoms. The molecule has 120 valence electrons. The number of benzene rings is 1. The molecular weight excluding hydrogens is 321 g/mol. The van der Waals surface area contributed by atoms with Crippen molar-refractivity contribution in [3.63, 3.8) is 0 Å². The summed E-state index contributed by atoms with van der Waals surface area (Å²) in [6.45, 7) is 0. The van der Waals surface area contributed by atoms with Crippen LogP contribution in [0, 0.1) is 0 Å². The lowest BCUT2D eigenvalue weighted by Gasteiger charge is -2.26. The molecule has 1 amide bonds. The van der Waals surface area contributed by atoms with E-state index in [9.17, 15) is 4.79 Å². The van der Waals surface area contributed by atoms with Gasteiger partial charge in [0.25, 0.3) is 5.91 Å². The normalized spacial score (nSPS) is 20.6. The van der Waals surface area contributed by atoms with Crippen LogP contribution in [0.25, 0.3) is 10.9 Å². The summed E-state index contributed by atoms with van der Waals surface area (Å²) in [5.41, 5.74) is 7.49. The van der Waals surface area contributed by atoms with E-state index in [2.05, 4.69) is 10.3 Å². The number of hydrogen-bond acceptors (Lipinski definition) is 3. The first-order valence-corrected chi connectivity index (χ1v) is 7.13. The van der Waals surface area contributed by atoms with Gasteiger partial charge in [-0.3, -0.25) is 9.78 Å². The largest absolute Gasteiger partial charge is 0.349 e. The van der Waals surface area contributed by atoms with Crippen LogP contribution in [-0.2, 0) is 0 Å². The highest BCUT2D eigenvalue weighted by Crippen LogP contribution is 2.18. The quantitative estimate of drug-likeness (QED) is 0.881. The number of halogens is 2. The smallest absolute Gasteiger partial charge is 0.251 e. The first-order valence-electron chi connectivity index (χ1n) is 7.13. The Morgan fingerprint density at radius 3 is 2.59 bits per heavy atom. The third-order valence-electron chi connectivity index (χ3n) is 3.97. The predicted molar refractivity (Wildman–Crippen MR) is 93.9 cm³/mol. The Kier molecular flexibility index (Phi) is 7.07. The molecular formula is C16H21Cl2N3O. The van der Waals surface area contributed by atoms with Gasteiger partial charge in [0, 0.05) is 29.2 Å². The minimum atomic E-state index is -0.00350. The van der Waals surface area contributed by atoms with E-state index in [-0.39, 0.29) is 36.8 Å². The molecule has 3 N–H and O–H groups in total. The lowest BCUT2D eigenvalue weighted by molar-refractivity contribution is 0.0926. The molecule has 3 rings (SSSR count). The molecule has 2 aromatic rings. The van der Waals surface area contributed by atoms with Crippen LogP contribution in [0.3, 0.4) is 0 Å². The number of hydrogen-bond donors (Lipinski definition) is 2.